The highest BCUT2D eigenvalue weighted by molar-refractivity contribution is 7.90. The molecular formula is C24H21FN6O4S. The summed E-state index contributed by atoms with van der Waals surface area (Å²) in [5, 5.41) is 17.7. The zero-order valence-electron chi connectivity index (χ0n) is 18.9. The second-order valence-electron chi connectivity index (χ2n) is 9.58. The Morgan fingerprint density at radius 1 is 1.19 bits per heavy atom. The monoisotopic (exact) mass is 508 g/mol. The molecule has 4 atom stereocenters. The normalized spacial score (nSPS) is 27.6. The second kappa shape index (κ2) is 8.07. The summed E-state index contributed by atoms with van der Waals surface area (Å²) in [6.45, 7) is 0.201. The van der Waals surface area contributed by atoms with Gasteiger partial charge in [0.05, 0.1) is 5.69 Å². The summed E-state index contributed by atoms with van der Waals surface area (Å²) in [4.78, 5) is 18.0. The van der Waals surface area contributed by atoms with Crippen molar-refractivity contribution in [3.63, 3.8) is 0 Å². The van der Waals surface area contributed by atoms with Crippen LogP contribution < -0.4 is 5.32 Å². The topological polar surface area (TPSA) is 148 Å². The number of sulfonamides is 1. The zero-order chi connectivity index (χ0) is 25.2. The summed E-state index contributed by atoms with van der Waals surface area (Å²) in [6.07, 6.45) is 2.75. The molecule has 2 unspecified atom stereocenters. The molecule has 184 valence electrons. The lowest BCUT2D eigenvalue weighted by Gasteiger charge is -2.44. The number of nitrogens with zero attached hydrogens (tertiary/aromatic N) is 5. The number of azide groups is 1. The van der Waals surface area contributed by atoms with Crippen LogP contribution in [0.25, 0.3) is 10.4 Å². The van der Waals surface area contributed by atoms with Gasteiger partial charge >= 0.3 is 0 Å². The predicted octanol–water partition coefficient (Wildman–Crippen LogP) is 4.55. The summed E-state index contributed by atoms with van der Waals surface area (Å²) in [5.41, 5.74) is 9.48. The lowest BCUT2D eigenvalue weighted by atomic mass is 9.77. The third-order valence-electron chi connectivity index (χ3n) is 7.65. The van der Waals surface area contributed by atoms with Crippen LogP contribution in [0.4, 0.5) is 15.8 Å². The third kappa shape index (κ3) is 3.44. The Morgan fingerprint density at radius 2 is 1.94 bits per heavy atom. The van der Waals surface area contributed by atoms with Crippen LogP contribution in [-0.4, -0.2) is 36.2 Å². The van der Waals surface area contributed by atoms with E-state index in [1.165, 1.54) is 30.3 Å². The number of amides is 1. The van der Waals surface area contributed by atoms with Gasteiger partial charge in [-0.15, -0.1) is 4.40 Å². The van der Waals surface area contributed by atoms with E-state index in [-0.39, 0.29) is 69.6 Å². The molecule has 0 saturated heterocycles. The molecule has 2 N–H and O–H groups in total. The quantitative estimate of drug-likeness (QED) is 0.353. The van der Waals surface area contributed by atoms with Crippen LogP contribution in [0.5, 0.6) is 0 Å². The van der Waals surface area contributed by atoms with Crippen molar-refractivity contribution in [3.8, 4) is 0 Å². The molecule has 6 rings (SSSR count). The maximum Gasteiger partial charge on any atom is 0.286 e. The van der Waals surface area contributed by atoms with Crippen LogP contribution in [-0.2, 0) is 21.4 Å². The standard InChI is InChI=1S/C24H21FN6O4S/c25-15-5-1-12(2-6-15)11-31-21-14-4-3-13(9-14)19(21)22(32)20(24(31)33)23-27-17-8-7-16(28-30-26)10-18(17)36(34,35)29-23/h1-2,5-8,10,13-14,19,21,32H,3-4,9,11H2,(H,27,29)/t13-,14+,19?,21?/m1/s1. The van der Waals surface area contributed by atoms with E-state index in [4.69, 9.17) is 5.53 Å². The van der Waals surface area contributed by atoms with E-state index < -0.39 is 15.9 Å². The molecule has 10 nitrogen and oxygen atoms in total. The Hall–Kier alpha value is -3.89. The molecule has 2 heterocycles. The lowest BCUT2D eigenvalue weighted by molar-refractivity contribution is -0.134. The Morgan fingerprint density at radius 3 is 2.69 bits per heavy atom. The minimum absolute atomic E-state index is 0.103. The first-order chi connectivity index (χ1) is 17.3. The number of aliphatic hydroxyl groups excluding tert-OH is 1. The molecule has 2 aromatic carbocycles. The fourth-order valence-corrected chi connectivity index (χ4v) is 7.35. The number of anilines is 1. The fraction of sp³-hybridized carbons (Fsp3) is 0.333. The van der Waals surface area contributed by atoms with Crippen molar-refractivity contribution in [1.82, 2.24) is 4.90 Å². The first-order valence-corrected chi connectivity index (χ1v) is 13.0. The summed E-state index contributed by atoms with van der Waals surface area (Å²) < 4.78 is 43.4. The van der Waals surface area contributed by atoms with Crippen LogP contribution in [0.2, 0.25) is 0 Å². The summed E-state index contributed by atoms with van der Waals surface area (Å²) in [6, 6.07) is 9.73. The second-order valence-corrected chi connectivity index (χ2v) is 11.2. The van der Waals surface area contributed by atoms with E-state index in [1.807, 2.05) is 0 Å². The average Bonchev–Trinajstić information content (AvgIpc) is 3.46. The van der Waals surface area contributed by atoms with Crippen LogP contribution >= 0.6 is 0 Å². The number of amidine groups is 1. The summed E-state index contributed by atoms with van der Waals surface area (Å²) >= 11 is 0. The smallest absolute Gasteiger partial charge is 0.286 e. The number of rotatable bonds is 4. The molecule has 2 fully saturated rings. The van der Waals surface area contributed by atoms with Gasteiger partial charge in [0.25, 0.3) is 15.9 Å². The average molecular weight is 509 g/mol. The molecule has 2 aliphatic carbocycles. The molecular weight excluding hydrogens is 487 g/mol. The van der Waals surface area contributed by atoms with Gasteiger partial charge in [-0.3, -0.25) is 4.79 Å². The first-order valence-electron chi connectivity index (χ1n) is 11.6. The number of carbonyl (C=O) groups is 1. The van der Waals surface area contributed by atoms with E-state index in [0.717, 1.165) is 24.8 Å². The third-order valence-corrected chi connectivity index (χ3v) is 8.97. The molecule has 2 aliphatic heterocycles. The predicted molar refractivity (Wildman–Crippen MR) is 128 cm³/mol. The van der Waals surface area contributed by atoms with Crippen molar-refractivity contribution in [2.75, 3.05) is 5.32 Å². The Balaban J connectivity index is 1.43. The summed E-state index contributed by atoms with van der Waals surface area (Å²) in [7, 11) is -4.26. The lowest BCUT2D eigenvalue weighted by Crippen LogP contribution is -2.53. The van der Waals surface area contributed by atoms with Crippen LogP contribution in [0.3, 0.4) is 0 Å². The van der Waals surface area contributed by atoms with E-state index in [9.17, 15) is 22.7 Å². The van der Waals surface area contributed by atoms with Gasteiger partial charge in [-0.05, 0) is 66.5 Å². The van der Waals surface area contributed by atoms with Gasteiger partial charge in [0.1, 0.15) is 22.0 Å². The Labute approximate surface area is 205 Å². The van der Waals surface area contributed by atoms with Crippen LogP contribution in [0, 0.1) is 23.6 Å². The highest BCUT2D eigenvalue weighted by atomic mass is 32.2. The molecule has 0 spiro atoms. The molecule has 2 bridgehead atoms. The molecule has 4 aliphatic rings. The number of nitrogens with one attached hydrogen (secondary N) is 1. The van der Waals surface area contributed by atoms with Crippen molar-refractivity contribution < 1.29 is 22.7 Å². The number of hydrogen-bond donors (Lipinski definition) is 2. The van der Waals surface area contributed by atoms with Gasteiger partial charge in [0, 0.05) is 29.1 Å². The van der Waals surface area contributed by atoms with Crippen LogP contribution in [0.1, 0.15) is 24.8 Å². The maximum absolute atomic E-state index is 13.9. The number of fused-ring (bicyclic) bond motifs is 6. The van der Waals surface area contributed by atoms with Gasteiger partial charge in [0.2, 0.25) is 0 Å². The maximum atomic E-state index is 13.9. The van der Waals surface area contributed by atoms with Crippen molar-refractivity contribution in [2.45, 2.75) is 36.7 Å². The zero-order valence-corrected chi connectivity index (χ0v) is 19.7. The number of halogens is 1. The van der Waals surface area contributed by atoms with E-state index >= 15 is 0 Å². The molecule has 0 aromatic heterocycles. The molecule has 1 amide bonds. The Kier molecular flexibility index (Phi) is 5.06. The van der Waals surface area contributed by atoms with Gasteiger partial charge in [0.15, 0.2) is 5.84 Å². The van der Waals surface area contributed by atoms with E-state index in [2.05, 4.69) is 19.7 Å². The number of hydrogen-bond acceptors (Lipinski definition) is 6. The first kappa shape index (κ1) is 22.6. The van der Waals surface area contributed by atoms with Gasteiger partial charge in [-0.25, -0.2) is 4.39 Å². The number of benzene rings is 2. The van der Waals surface area contributed by atoms with E-state index in [1.54, 1.807) is 17.0 Å². The van der Waals surface area contributed by atoms with Crippen molar-refractivity contribution in [1.29, 1.82) is 0 Å². The molecule has 0 radical (unpaired) electrons. The van der Waals surface area contributed by atoms with Crippen molar-refractivity contribution in [3.05, 3.63) is 75.6 Å². The minimum atomic E-state index is -4.26. The largest absolute Gasteiger partial charge is 0.511 e. The van der Waals surface area contributed by atoms with Gasteiger partial charge < -0.3 is 15.3 Å². The van der Waals surface area contributed by atoms with Crippen LogP contribution in [0.15, 0.2) is 68.2 Å². The van der Waals surface area contributed by atoms with Gasteiger partial charge in [-0.1, -0.05) is 23.3 Å². The van der Waals surface area contributed by atoms with Crippen molar-refractivity contribution in [2.24, 2.45) is 27.3 Å². The summed E-state index contributed by atoms with van der Waals surface area (Å²) in [5.74, 6) is -1.20. The number of aliphatic hydroxyl groups is 1. The SMILES string of the molecule is [N-]=[N+]=Nc1ccc2c(c1)S(=O)(=O)N=C(C1=C(O)C3C([C@H]4CC[C@@H]3C4)N(Cc3ccc(F)cc3)C1=O)N2. The molecule has 2 aromatic rings. The molecule has 12 heteroatoms. The highest BCUT2D eigenvalue weighted by Crippen LogP contribution is 2.55. The van der Waals surface area contributed by atoms with Crippen molar-refractivity contribution >= 4 is 33.1 Å². The van der Waals surface area contributed by atoms with Gasteiger partial charge in [-0.2, -0.15) is 8.42 Å². The minimum Gasteiger partial charge on any atom is -0.511 e. The van der Waals surface area contributed by atoms with E-state index in [0.29, 0.717) is 0 Å². The number of carbonyl (C=O) groups excluding carboxylic acids is 1. The Bertz CT molecular complexity index is 1510. The molecule has 36 heavy (non-hydrogen) atoms. The molecule has 2 saturated carbocycles. The highest BCUT2D eigenvalue weighted by Gasteiger charge is 2.57. The fourth-order valence-electron chi connectivity index (χ4n) is 6.21.